The molecule has 1 aliphatic rings. The molecule has 0 aliphatic carbocycles. The van der Waals surface area contributed by atoms with E-state index in [0.717, 1.165) is 18.4 Å². The molecule has 126 valence electrons. The molecule has 1 aromatic heterocycles. The molecule has 2 aromatic rings. The molecule has 0 saturated heterocycles. The van der Waals surface area contributed by atoms with Gasteiger partial charge in [0, 0.05) is 24.4 Å². The Labute approximate surface area is 142 Å². The number of hydrogen-bond donors (Lipinski definition) is 1. The summed E-state index contributed by atoms with van der Waals surface area (Å²) in [6.45, 7) is 2.15. The van der Waals surface area contributed by atoms with Gasteiger partial charge in [-0.05, 0) is 30.9 Å². The van der Waals surface area contributed by atoms with Crippen molar-refractivity contribution in [2.45, 2.75) is 31.8 Å². The lowest BCUT2D eigenvalue weighted by Crippen LogP contribution is -2.33. The molecule has 2 heterocycles. The maximum absolute atomic E-state index is 5.91. The van der Waals surface area contributed by atoms with Crippen molar-refractivity contribution in [1.82, 2.24) is 10.0 Å². The zero-order chi connectivity index (χ0) is 16.9. The summed E-state index contributed by atoms with van der Waals surface area (Å²) in [5.74, 6) is 1.03. The van der Waals surface area contributed by atoms with E-state index in [1.165, 1.54) is 5.56 Å². The fourth-order valence-electron chi connectivity index (χ4n) is 2.88. The van der Waals surface area contributed by atoms with Crippen molar-refractivity contribution in [1.29, 1.82) is 0 Å². The maximum atomic E-state index is 5.91. The Balaban J connectivity index is 1.68. The van der Waals surface area contributed by atoms with Crippen molar-refractivity contribution >= 4 is 0 Å². The molecule has 3 rings (SSSR count). The molecule has 5 nitrogen and oxygen atoms in total. The molecule has 5 heteroatoms. The van der Waals surface area contributed by atoms with E-state index in [2.05, 4.69) is 36.2 Å². The summed E-state index contributed by atoms with van der Waals surface area (Å²) >= 11 is 0. The monoisotopic (exact) mass is 325 g/mol. The lowest BCUT2D eigenvalue weighted by Gasteiger charge is -2.28. The first-order valence-corrected chi connectivity index (χ1v) is 8.15. The molecule has 2 N–H and O–H groups in total. The van der Waals surface area contributed by atoms with Gasteiger partial charge in [-0.1, -0.05) is 36.4 Å². The molecule has 24 heavy (non-hydrogen) atoms. The van der Waals surface area contributed by atoms with Crippen LogP contribution in [0.15, 0.2) is 60.6 Å². The van der Waals surface area contributed by atoms with Crippen molar-refractivity contribution in [3.05, 3.63) is 71.7 Å². The van der Waals surface area contributed by atoms with Crippen molar-refractivity contribution in [2.24, 2.45) is 5.73 Å². The molecular weight excluding hydrogens is 302 g/mol. The average molecular weight is 325 g/mol. The summed E-state index contributed by atoms with van der Waals surface area (Å²) in [6.07, 6.45) is 5.70. The molecule has 1 aliphatic heterocycles. The standard InChI is InChI=1S/C19H23N3O2/c1-14(8-9-15-6-4-3-5-7-15)22-17(12-18(20)24-22)16-10-11-19(23-2)21-13-16/h3-7,10-14,17H,8-9,20H2,1-2H3. The van der Waals surface area contributed by atoms with Gasteiger partial charge in [-0.2, -0.15) is 0 Å². The highest BCUT2D eigenvalue weighted by atomic mass is 16.7. The molecular formula is C19H23N3O2. The fraction of sp³-hybridized carbons (Fsp3) is 0.316. The normalized spacial score (nSPS) is 18.8. The minimum absolute atomic E-state index is 0.0332. The van der Waals surface area contributed by atoms with Crippen LogP contribution in [0.4, 0.5) is 0 Å². The third-order valence-electron chi connectivity index (χ3n) is 4.25. The second-order valence-electron chi connectivity index (χ2n) is 5.97. The number of nitrogens with zero attached hydrogens (tertiary/aromatic N) is 2. The number of aryl methyl sites for hydroxylation is 1. The average Bonchev–Trinajstić information content (AvgIpc) is 3.02. The highest BCUT2D eigenvalue weighted by Crippen LogP contribution is 2.32. The fourth-order valence-corrected chi connectivity index (χ4v) is 2.88. The molecule has 1 aromatic carbocycles. The minimum atomic E-state index is -0.0332. The number of nitrogens with two attached hydrogens (primary N) is 1. The molecule has 0 amide bonds. The summed E-state index contributed by atoms with van der Waals surface area (Å²) < 4.78 is 5.12. The maximum Gasteiger partial charge on any atom is 0.212 e. The lowest BCUT2D eigenvalue weighted by atomic mass is 10.0. The Bertz CT molecular complexity index is 686. The van der Waals surface area contributed by atoms with Gasteiger partial charge in [-0.3, -0.25) is 0 Å². The minimum Gasteiger partial charge on any atom is -0.481 e. The first-order valence-electron chi connectivity index (χ1n) is 8.15. The molecule has 0 radical (unpaired) electrons. The van der Waals surface area contributed by atoms with E-state index in [1.807, 2.05) is 29.3 Å². The van der Waals surface area contributed by atoms with E-state index in [1.54, 1.807) is 13.3 Å². The Morgan fingerprint density at radius 1 is 1.25 bits per heavy atom. The van der Waals surface area contributed by atoms with Gasteiger partial charge in [0.05, 0.1) is 13.2 Å². The van der Waals surface area contributed by atoms with E-state index in [-0.39, 0.29) is 12.1 Å². The summed E-state index contributed by atoms with van der Waals surface area (Å²) in [5.41, 5.74) is 8.26. The van der Waals surface area contributed by atoms with Crippen molar-refractivity contribution in [3.8, 4) is 5.88 Å². The van der Waals surface area contributed by atoms with Gasteiger partial charge in [0.15, 0.2) is 0 Å². The zero-order valence-electron chi connectivity index (χ0n) is 14.1. The largest absolute Gasteiger partial charge is 0.481 e. The number of hydrogen-bond acceptors (Lipinski definition) is 5. The SMILES string of the molecule is COc1ccc(C2C=C(N)ON2C(C)CCc2ccccc2)cn1. The first-order chi connectivity index (χ1) is 11.7. The zero-order valence-corrected chi connectivity index (χ0v) is 14.1. The number of ether oxygens (including phenoxy) is 1. The quantitative estimate of drug-likeness (QED) is 0.884. The van der Waals surface area contributed by atoms with Crippen molar-refractivity contribution < 1.29 is 9.57 Å². The van der Waals surface area contributed by atoms with Crippen LogP contribution in [0.2, 0.25) is 0 Å². The van der Waals surface area contributed by atoms with Crippen molar-refractivity contribution in [2.75, 3.05) is 7.11 Å². The van der Waals surface area contributed by atoms with Gasteiger partial charge in [-0.25, -0.2) is 4.98 Å². The van der Waals surface area contributed by atoms with Gasteiger partial charge in [0.25, 0.3) is 0 Å². The van der Waals surface area contributed by atoms with E-state index >= 15 is 0 Å². The Morgan fingerprint density at radius 2 is 2.04 bits per heavy atom. The summed E-state index contributed by atoms with van der Waals surface area (Å²) in [4.78, 5) is 10.0. The predicted molar refractivity (Wildman–Crippen MR) is 92.9 cm³/mol. The van der Waals surface area contributed by atoms with Crippen LogP contribution in [0, 0.1) is 0 Å². The summed E-state index contributed by atoms with van der Waals surface area (Å²) in [5, 5.41) is 1.95. The number of aromatic nitrogens is 1. The van der Waals surface area contributed by atoms with E-state index in [0.29, 0.717) is 11.8 Å². The van der Waals surface area contributed by atoms with Gasteiger partial charge in [-0.15, -0.1) is 5.06 Å². The highest BCUT2D eigenvalue weighted by Gasteiger charge is 2.31. The Morgan fingerprint density at radius 3 is 2.71 bits per heavy atom. The van der Waals surface area contributed by atoms with Crippen molar-refractivity contribution in [3.63, 3.8) is 0 Å². The lowest BCUT2D eigenvalue weighted by molar-refractivity contribution is -0.149. The molecule has 0 fully saturated rings. The second-order valence-corrected chi connectivity index (χ2v) is 5.97. The van der Waals surface area contributed by atoms with Crippen LogP contribution >= 0.6 is 0 Å². The summed E-state index contributed by atoms with van der Waals surface area (Å²) in [6, 6.07) is 14.5. The number of pyridine rings is 1. The van der Waals surface area contributed by atoms with Crippen LogP contribution in [-0.2, 0) is 11.3 Å². The number of benzene rings is 1. The molecule has 0 saturated carbocycles. The third kappa shape index (κ3) is 3.68. The number of hydroxylamine groups is 2. The van der Waals surface area contributed by atoms with E-state index < -0.39 is 0 Å². The molecule has 2 unspecified atom stereocenters. The van der Waals surface area contributed by atoms with Gasteiger partial charge >= 0.3 is 0 Å². The van der Waals surface area contributed by atoms with Crippen LogP contribution in [0.1, 0.15) is 30.5 Å². The van der Waals surface area contributed by atoms with Crippen LogP contribution < -0.4 is 10.5 Å². The van der Waals surface area contributed by atoms with Crippen LogP contribution in [0.3, 0.4) is 0 Å². The van der Waals surface area contributed by atoms with Crippen LogP contribution in [-0.4, -0.2) is 23.2 Å². The van der Waals surface area contributed by atoms with Crippen LogP contribution in [0.5, 0.6) is 5.88 Å². The number of rotatable bonds is 6. The van der Waals surface area contributed by atoms with E-state index in [4.69, 9.17) is 15.3 Å². The predicted octanol–water partition coefficient (Wildman–Crippen LogP) is 3.20. The second kappa shape index (κ2) is 7.36. The van der Waals surface area contributed by atoms with E-state index in [9.17, 15) is 0 Å². The van der Waals surface area contributed by atoms with Crippen LogP contribution in [0.25, 0.3) is 0 Å². The van der Waals surface area contributed by atoms with Gasteiger partial charge in [0.1, 0.15) is 0 Å². The topological polar surface area (TPSA) is 60.6 Å². The van der Waals surface area contributed by atoms with Gasteiger partial charge in [0.2, 0.25) is 11.8 Å². The third-order valence-corrected chi connectivity index (χ3v) is 4.25. The number of methoxy groups -OCH3 is 1. The molecule has 0 spiro atoms. The molecule has 0 bridgehead atoms. The smallest absolute Gasteiger partial charge is 0.212 e. The molecule has 2 atom stereocenters. The first kappa shape index (κ1) is 16.3. The summed E-state index contributed by atoms with van der Waals surface area (Å²) in [7, 11) is 1.61. The Hall–Kier alpha value is -2.53. The Kier molecular flexibility index (Phi) is 5.01. The van der Waals surface area contributed by atoms with Gasteiger partial charge < -0.3 is 15.3 Å². The highest BCUT2D eigenvalue weighted by molar-refractivity contribution is 5.26.